The van der Waals surface area contributed by atoms with Gasteiger partial charge in [0, 0.05) is 19.0 Å². The Bertz CT molecular complexity index is 576. The molecule has 1 N–H and O–H groups in total. The maximum absolute atomic E-state index is 12.0. The van der Waals surface area contributed by atoms with Crippen molar-refractivity contribution in [2.24, 2.45) is 5.92 Å². The van der Waals surface area contributed by atoms with Crippen molar-refractivity contribution in [1.29, 1.82) is 0 Å². The molecule has 6 heteroatoms. The zero-order valence-electron chi connectivity index (χ0n) is 10.7. The van der Waals surface area contributed by atoms with Gasteiger partial charge in [-0.15, -0.1) is 0 Å². The number of hydrogen-bond acceptors (Lipinski definition) is 4. The quantitative estimate of drug-likeness (QED) is 0.884. The lowest BCUT2D eigenvalue weighted by atomic mass is 9.96. The third-order valence-corrected chi connectivity index (χ3v) is 5.12. The number of hydrogen-bond donors (Lipinski definition) is 1. The van der Waals surface area contributed by atoms with Gasteiger partial charge in [0.2, 0.25) is 0 Å². The molecule has 1 aliphatic rings. The van der Waals surface area contributed by atoms with E-state index in [-0.39, 0.29) is 18.1 Å². The van der Waals surface area contributed by atoms with Gasteiger partial charge in [0.05, 0.1) is 22.8 Å². The summed E-state index contributed by atoms with van der Waals surface area (Å²) in [6.45, 7) is 2.82. The monoisotopic (exact) mass is 283 g/mol. The predicted molar refractivity (Wildman–Crippen MR) is 72.1 cm³/mol. The molecule has 1 saturated heterocycles. The summed E-state index contributed by atoms with van der Waals surface area (Å²) < 4.78 is 24.0. The summed E-state index contributed by atoms with van der Waals surface area (Å²) in [7, 11) is -3.25. The van der Waals surface area contributed by atoms with E-state index in [2.05, 4.69) is 0 Å². The molecule has 0 aromatic heterocycles. The SMILES string of the molecule is CCS(=O)(=O)c1ccccc1N1CC(CC(=O)O)C1. The molecule has 5 nitrogen and oxygen atoms in total. The van der Waals surface area contributed by atoms with Crippen molar-refractivity contribution < 1.29 is 18.3 Å². The third-order valence-electron chi connectivity index (χ3n) is 3.34. The van der Waals surface area contributed by atoms with Crippen LogP contribution in [0.25, 0.3) is 0 Å². The van der Waals surface area contributed by atoms with Crippen molar-refractivity contribution in [3.8, 4) is 0 Å². The fourth-order valence-electron chi connectivity index (χ4n) is 2.28. The minimum Gasteiger partial charge on any atom is -0.481 e. The first kappa shape index (κ1) is 13.9. The molecule has 19 heavy (non-hydrogen) atoms. The van der Waals surface area contributed by atoms with Crippen molar-refractivity contribution in [1.82, 2.24) is 0 Å². The highest BCUT2D eigenvalue weighted by atomic mass is 32.2. The Morgan fingerprint density at radius 2 is 2.00 bits per heavy atom. The molecule has 1 heterocycles. The number of aliphatic carboxylic acids is 1. The van der Waals surface area contributed by atoms with Crippen molar-refractivity contribution in [3.05, 3.63) is 24.3 Å². The van der Waals surface area contributed by atoms with Gasteiger partial charge < -0.3 is 10.0 Å². The second-order valence-corrected chi connectivity index (χ2v) is 6.99. The van der Waals surface area contributed by atoms with Crippen LogP contribution in [0.3, 0.4) is 0 Å². The summed E-state index contributed by atoms with van der Waals surface area (Å²) in [6.07, 6.45) is 0.138. The van der Waals surface area contributed by atoms with Gasteiger partial charge in [-0.25, -0.2) is 8.42 Å². The van der Waals surface area contributed by atoms with Crippen LogP contribution in [-0.2, 0) is 14.6 Å². The van der Waals surface area contributed by atoms with Crippen LogP contribution in [0, 0.1) is 5.92 Å². The number of rotatable bonds is 5. The molecule has 2 rings (SSSR count). The molecule has 0 atom stereocenters. The van der Waals surface area contributed by atoms with Gasteiger partial charge in [-0.3, -0.25) is 4.79 Å². The van der Waals surface area contributed by atoms with Crippen LogP contribution < -0.4 is 4.90 Å². The number of carboxylic acid groups (broad SMARTS) is 1. The summed E-state index contributed by atoms with van der Waals surface area (Å²) in [6, 6.07) is 6.90. The molecular formula is C13H17NO4S. The molecule has 0 amide bonds. The Morgan fingerprint density at radius 3 is 2.58 bits per heavy atom. The minimum atomic E-state index is -3.25. The topological polar surface area (TPSA) is 74.7 Å². The molecule has 104 valence electrons. The van der Waals surface area contributed by atoms with Gasteiger partial charge >= 0.3 is 5.97 Å². The Morgan fingerprint density at radius 1 is 1.37 bits per heavy atom. The van der Waals surface area contributed by atoms with Crippen LogP contribution >= 0.6 is 0 Å². The molecule has 1 fully saturated rings. The number of anilines is 1. The first-order valence-electron chi connectivity index (χ1n) is 6.22. The van der Waals surface area contributed by atoms with Crippen LogP contribution in [0.15, 0.2) is 29.2 Å². The Labute approximate surface area is 112 Å². The number of para-hydroxylation sites is 1. The number of benzene rings is 1. The van der Waals surface area contributed by atoms with Gasteiger partial charge in [-0.05, 0) is 12.1 Å². The molecular weight excluding hydrogens is 266 g/mol. The van der Waals surface area contributed by atoms with Gasteiger partial charge in [-0.2, -0.15) is 0 Å². The molecule has 0 radical (unpaired) electrons. The molecule has 0 unspecified atom stereocenters. The van der Waals surface area contributed by atoms with E-state index in [9.17, 15) is 13.2 Å². The number of nitrogens with zero attached hydrogens (tertiary/aromatic N) is 1. The molecule has 1 aliphatic heterocycles. The van der Waals surface area contributed by atoms with Crippen LogP contribution in [0.1, 0.15) is 13.3 Å². The van der Waals surface area contributed by atoms with Crippen LogP contribution in [0.5, 0.6) is 0 Å². The van der Waals surface area contributed by atoms with E-state index in [4.69, 9.17) is 5.11 Å². The lowest BCUT2D eigenvalue weighted by Gasteiger charge is -2.41. The van der Waals surface area contributed by atoms with E-state index < -0.39 is 15.8 Å². The normalized spacial score (nSPS) is 16.2. The van der Waals surface area contributed by atoms with E-state index in [1.165, 1.54) is 0 Å². The second kappa shape index (κ2) is 5.21. The van der Waals surface area contributed by atoms with Crippen molar-refractivity contribution in [2.45, 2.75) is 18.2 Å². The largest absolute Gasteiger partial charge is 0.481 e. The fraction of sp³-hybridized carbons (Fsp3) is 0.462. The van der Waals surface area contributed by atoms with Crippen molar-refractivity contribution in [3.63, 3.8) is 0 Å². The lowest BCUT2D eigenvalue weighted by molar-refractivity contribution is -0.138. The maximum atomic E-state index is 12.0. The van der Waals surface area contributed by atoms with Gasteiger partial charge in [0.15, 0.2) is 9.84 Å². The number of carboxylic acids is 1. The minimum absolute atomic E-state index is 0.0659. The summed E-state index contributed by atoms with van der Waals surface area (Å²) in [5.74, 6) is -0.634. The Balaban J connectivity index is 2.17. The first-order chi connectivity index (χ1) is 8.94. The van der Waals surface area contributed by atoms with E-state index in [1.807, 2.05) is 4.90 Å². The molecule has 1 aromatic rings. The molecule has 1 aromatic carbocycles. The summed E-state index contributed by atoms with van der Waals surface area (Å²) in [5, 5.41) is 8.71. The number of carbonyl (C=O) groups is 1. The zero-order chi connectivity index (χ0) is 14.0. The Hall–Kier alpha value is -1.56. The van der Waals surface area contributed by atoms with E-state index in [1.54, 1.807) is 31.2 Å². The predicted octanol–water partition coefficient (Wildman–Crippen LogP) is 1.39. The summed E-state index contributed by atoms with van der Waals surface area (Å²) >= 11 is 0. The van der Waals surface area contributed by atoms with Crippen molar-refractivity contribution >= 4 is 21.5 Å². The molecule has 0 saturated carbocycles. The smallest absolute Gasteiger partial charge is 0.303 e. The third kappa shape index (κ3) is 2.89. The first-order valence-corrected chi connectivity index (χ1v) is 7.87. The maximum Gasteiger partial charge on any atom is 0.303 e. The number of sulfone groups is 1. The highest BCUT2D eigenvalue weighted by Crippen LogP contribution is 2.32. The highest BCUT2D eigenvalue weighted by Gasteiger charge is 2.31. The zero-order valence-corrected chi connectivity index (χ0v) is 11.6. The van der Waals surface area contributed by atoms with Gasteiger partial charge in [0.1, 0.15) is 0 Å². The van der Waals surface area contributed by atoms with E-state index in [0.717, 1.165) is 0 Å². The van der Waals surface area contributed by atoms with Gasteiger partial charge in [0.25, 0.3) is 0 Å². The van der Waals surface area contributed by atoms with E-state index in [0.29, 0.717) is 23.7 Å². The molecule has 0 aliphatic carbocycles. The van der Waals surface area contributed by atoms with Crippen LogP contribution in [-0.4, -0.2) is 38.3 Å². The summed E-state index contributed by atoms with van der Waals surface area (Å²) in [4.78, 5) is 12.9. The highest BCUT2D eigenvalue weighted by molar-refractivity contribution is 7.91. The molecule has 0 spiro atoms. The second-order valence-electron chi connectivity index (χ2n) is 4.74. The van der Waals surface area contributed by atoms with Crippen LogP contribution in [0.2, 0.25) is 0 Å². The van der Waals surface area contributed by atoms with Crippen molar-refractivity contribution in [2.75, 3.05) is 23.7 Å². The molecule has 0 bridgehead atoms. The van der Waals surface area contributed by atoms with Gasteiger partial charge in [-0.1, -0.05) is 19.1 Å². The van der Waals surface area contributed by atoms with Crippen LogP contribution in [0.4, 0.5) is 5.69 Å². The standard InChI is InChI=1S/C13H17NO4S/c1-2-19(17,18)12-6-4-3-5-11(12)14-8-10(9-14)7-13(15)16/h3-6,10H,2,7-9H2,1H3,(H,15,16). The fourth-order valence-corrected chi connectivity index (χ4v) is 3.39. The Kier molecular flexibility index (Phi) is 3.80. The summed E-state index contributed by atoms with van der Waals surface area (Å²) in [5.41, 5.74) is 0.686. The lowest BCUT2D eigenvalue weighted by Crippen LogP contribution is -2.48. The average Bonchev–Trinajstić information content (AvgIpc) is 2.33. The van der Waals surface area contributed by atoms with E-state index >= 15 is 0 Å². The average molecular weight is 283 g/mol.